The molecule has 3 rings (SSSR count). The molecule has 0 bridgehead atoms. The minimum atomic E-state index is 0.172. The Bertz CT molecular complexity index is 633. The van der Waals surface area contributed by atoms with Gasteiger partial charge in [-0.15, -0.1) is 0 Å². The zero-order valence-electron chi connectivity index (χ0n) is 14.4. The average Bonchev–Trinajstić information content (AvgIpc) is 2.67. The quantitative estimate of drug-likeness (QED) is 0.839. The number of likely N-dealkylation sites (N-methyl/N-ethyl adjacent to an activating group) is 1. The summed E-state index contributed by atoms with van der Waals surface area (Å²) in [5.41, 5.74) is 2.55. The van der Waals surface area contributed by atoms with Crippen LogP contribution in [-0.4, -0.2) is 37.5 Å². The topological polar surface area (TPSA) is 23.6 Å². The first-order chi connectivity index (χ1) is 11.7. The molecule has 0 atom stereocenters. The maximum Gasteiger partial charge on any atom is 0.225 e. The van der Waals surface area contributed by atoms with E-state index in [-0.39, 0.29) is 5.92 Å². The third-order valence-electron chi connectivity index (χ3n) is 4.92. The molecule has 24 heavy (non-hydrogen) atoms. The molecule has 0 unspecified atom stereocenters. The van der Waals surface area contributed by atoms with Crippen LogP contribution in [0.2, 0.25) is 0 Å². The number of anilines is 1. The predicted octanol–water partition coefficient (Wildman–Crippen LogP) is 3.60. The molecule has 3 heteroatoms. The first kappa shape index (κ1) is 16.6. The molecule has 1 saturated heterocycles. The Morgan fingerprint density at radius 1 is 1.00 bits per heavy atom. The molecule has 1 aliphatic rings. The number of para-hydroxylation sites is 1. The number of hydrogen-bond donors (Lipinski definition) is 0. The van der Waals surface area contributed by atoms with Gasteiger partial charge in [0.25, 0.3) is 0 Å². The summed E-state index contributed by atoms with van der Waals surface area (Å²) in [6.07, 6.45) is 2.82. The van der Waals surface area contributed by atoms with Gasteiger partial charge in [-0.25, -0.2) is 0 Å². The fourth-order valence-electron chi connectivity index (χ4n) is 3.39. The Hall–Kier alpha value is -2.29. The second-order valence-corrected chi connectivity index (χ2v) is 6.59. The van der Waals surface area contributed by atoms with Crippen molar-refractivity contribution in [3.8, 4) is 0 Å². The van der Waals surface area contributed by atoms with E-state index >= 15 is 0 Å². The van der Waals surface area contributed by atoms with Gasteiger partial charge in [-0.2, -0.15) is 0 Å². The highest BCUT2D eigenvalue weighted by molar-refractivity contribution is 5.79. The highest BCUT2D eigenvalue weighted by Crippen LogP contribution is 2.24. The summed E-state index contributed by atoms with van der Waals surface area (Å²) in [6.45, 7) is 2.72. The smallest absolute Gasteiger partial charge is 0.225 e. The molecule has 126 valence electrons. The minimum Gasteiger partial charge on any atom is -0.371 e. The van der Waals surface area contributed by atoms with Crippen LogP contribution in [-0.2, 0) is 11.2 Å². The van der Waals surface area contributed by atoms with E-state index in [4.69, 9.17) is 0 Å². The first-order valence-corrected chi connectivity index (χ1v) is 8.83. The number of amides is 1. The summed E-state index contributed by atoms with van der Waals surface area (Å²) in [6, 6.07) is 20.9. The number of hydrogen-bond acceptors (Lipinski definition) is 2. The summed E-state index contributed by atoms with van der Waals surface area (Å²) in [5, 5.41) is 0. The first-order valence-electron chi connectivity index (χ1n) is 8.83. The van der Waals surface area contributed by atoms with Crippen LogP contribution >= 0.6 is 0 Å². The van der Waals surface area contributed by atoms with Crippen molar-refractivity contribution in [3.63, 3.8) is 0 Å². The molecule has 0 aromatic heterocycles. The van der Waals surface area contributed by atoms with Gasteiger partial charge in [0.1, 0.15) is 0 Å². The molecule has 0 aliphatic carbocycles. The van der Waals surface area contributed by atoms with E-state index < -0.39 is 0 Å². The van der Waals surface area contributed by atoms with Crippen molar-refractivity contribution in [2.45, 2.75) is 19.3 Å². The van der Waals surface area contributed by atoms with Crippen LogP contribution < -0.4 is 4.90 Å². The molecular formula is C21H26N2O. The third-order valence-corrected chi connectivity index (χ3v) is 4.92. The van der Waals surface area contributed by atoms with Gasteiger partial charge < -0.3 is 9.80 Å². The van der Waals surface area contributed by atoms with Crippen molar-refractivity contribution in [1.82, 2.24) is 4.90 Å². The Balaban J connectivity index is 1.48. The van der Waals surface area contributed by atoms with Gasteiger partial charge in [-0.1, -0.05) is 48.5 Å². The van der Waals surface area contributed by atoms with Gasteiger partial charge in [-0.05, 0) is 37.0 Å². The van der Waals surface area contributed by atoms with Crippen LogP contribution in [0.25, 0.3) is 0 Å². The molecule has 1 fully saturated rings. The Morgan fingerprint density at radius 3 is 2.21 bits per heavy atom. The van der Waals surface area contributed by atoms with Crippen LogP contribution in [0.1, 0.15) is 18.4 Å². The molecule has 2 aromatic carbocycles. The number of carbonyl (C=O) groups is 1. The number of carbonyl (C=O) groups excluding carboxylic acids is 1. The molecule has 2 aromatic rings. The molecule has 3 nitrogen and oxygen atoms in total. The van der Waals surface area contributed by atoms with Crippen LogP contribution in [0.4, 0.5) is 5.69 Å². The summed E-state index contributed by atoms with van der Waals surface area (Å²) in [4.78, 5) is 17.0. The van der Waals surface area contributed by atoms with Gasteiger partial charge in [0.15, 0.2) is 0 Å². The number of rotatable bonds is 5. The van der Waals surface area contributed by atoms with E-state index in [1.54, 1.807) is 0 Å². The largest absolute Gasteiger partial charge is 0.371 e. The van der Waals surface area contributed by atoms with Gasteiger partial charge in [0.2, 0.25) is 5.91 Å². The lowest BCUT2D eigenvalue weighted by atomic mass is 9.95. The highest BCUT2D eigenvalue weighted by Gasteiger charge is 2.27. The average molecular weight is 322 g/mol. The van der Waals surface area contributed by atoms with Crippen LogP contribution in [0.5, 0.6) is 0 Å². The fourth-order valence-corrected chi connectivity index (χ4v) is 3.39. The van der Waals surface area contributed by atoms with Gasteiger partial charge in [-0.3, -0.25) is 4.79 Å². The molecule has 1 amide bonds. The lowest BCUT2D eigenvalue weighted by Gasteiger charge is -2.34. The number of piperidine rings is 1. The van der Waals surface area contributed by atoms with Crippen molar-refractivity contribution < 1.29 is 4.79 Å². The summed E-state index contributed by atoms with van der Waals surface area (Å²) in [5.74, 6) is 0.476. The molecule has 1 heterocycles. The highest BCUT2D eigenvalue weighted by atomic mass is 16.2. The second kappa shape index (κ2) is 8.00. The van der Waals surface area contributed by atoms with E-state index in [1.807, 2.05) is 24.1 Å². The number of nitrogens with zero attached hydrogens (tertiary/aromatic N) is 2. The van der Waals surface area contributed by atoms with Crippen molar-refractivity contribution in [1.29, 1.82) is 0 Å². The third kappa shape index (κ3) is 4.16. The standard InChI is InChI=1S/C21H26N2O/c1-22(15-12-18-8-4-2-5-9-18)21(24)19-13-16-23(17-14-19)20-10-6-3-7-11-20/h2-11,19H,12-17H2,1H3. The second-order valence-electron chi connectivity index (χ2n) is 6.59. The van der Waals surface area contributed by atoms with E-state index in [1.165, 1.54) is 11.3 Å². The SMILES string of the molecule is CN(CCc1ccccc1)C(=O)C1CCN(c2ccccc2)CC1. The molecular weight excluding hydrogens is 296 g/mol. The Labute approximate surface area is 144 Å². The van der Waals surface area contributed by atoms with Crippen LogP contribution in [0.3, 0.4) is 0 Å². The van der Waals surface area contributed by atoms with E-state index in [2.05, 4.69) is 53.4 Å². The van der Waals surface area contributed by atoms with Crippen LogP contribution in [0.15, 0.2) is 60.7 Å². The van der Waals surface area contributed by atoms with E-state index in [0.29, 0.717) is 5.91 Å². The van der Waals surface area contributed by atoms with Gasteiger partial charge >= 0.3 is 0 Å². The van der Waals surface area contributed by atoms with Crippen LogP contribution in [0, 0.1) is 5.92 Å². The summed E-state index contributed by atoms with van der Waals surface area (Å²) < 4.78 is 0. The van der Waals surface area contributed by atoms with Gasteiger partial charge in [0, 0.05) is 38.3 Å². The Kier molecular flexibility index (Phi) is 5.52. The fraction of sp³-hybridized carbons (Fsp3) is 0.381. The predicted molar refractivity (Wildman–Crippen MR) is 99.2 cm³/mol. The minimum absolute atomic E-state index is 0.172. The molecule has 0 radical (unpaired) electrons. The van der Waals surface area contributed by atoms with Crippen molar-refractivity contribution in [3.05, 3.63) is 66.2 Å². The maximum atomic E-state index is 12.7. The van der Waals surface area contributed by atoms with Crippen molar-refractivity contribution in [2.24, 2.45) is 5.92 Å². The van der Waals surface area contributed by atoms with E-state index in [0.717, 1.165) is 38.9 Å². The zero-order chi connectivity index (χ0) is 16.8. The molecule has 1 aliphatic heterocycles. The zero-order valence-corrected chi connectivity index (χ0v) is 14.4. The summed E-state index contributed by atoms with van der Waals surface area (Å²) in [7, 11) is 1.94. The van der Waals surface area contributed by atoms with Crippen molar-refractivity contribution >= 4 is 11.6 Å². The lowest BCUT2D eigenvalue weighted by molar-refractivity contribution is -0.134. The monoisotopic (exact) mass is 322 g/mol. The summed E-state index contributed by atoms with van der Waals surface area (Å²) >= 11 is 0. The van der Waals surface area contributed by atoms with Crippen molar-refractivity contribution in [2.75, 3.05) is 31.6 Å². The molecule has 0 saturated carbocycles. The van der Waals surface area contributed by atoms with E-state index in [9.17, 15) is 4.79 Å². The maximum absolute atomic E-state index is 12.7. The molecule has 0 N–H and O–H groups in total. The molecule has 0 spiro atoms. The number of benzene rings is 2. The Morgan fingerprint density at radius 2 is 1.58 bits per heavy atom. The normalized spacial score (nSPS) is 15.3. The van der Waals surface area contributed by atoms with Gasteiger partial charge in [0.05, 0.1) is 0 Å². The lowest BCUT2D eigenvalue weighted by Crippen LogP contribution is -2.41.